The SMILES string of the molecule is COc1cc(/C=C/C(=O)O[C@H]2[C@H](O[C@H]3[C@H](Oc4cc(O)c5c(=O)cc(-c6ccc(O)c(OC)c6)oc5c4)O[C@H](C(=O)O)[C@@H](O)[C@@H]3O)O[C@H](C(=O)O)[C@@H](O)[C@@H]2O)ccc1O. The first-order chi connectivity index (χ1) is 28.0. The molecule has 0 radical (unpaired) electrons. The number of fused-ring (bicyclic) bond motifs is 1. The van der Waals surface area contributed by atoms with Gasteiger partial charge in [0, 0.05) is 29.8 Å². The molecule has 2 saturated heterocycles. The van der Waals surface area contributed by atoms with Gasteiger partial charge in [0.15, 0.2) is 59.1 Å². The van der Waals surface area contributed by atoms with Crippen LogP contribution in [0.3, 0.4) is 0 Å². The number of hydrogen-bond acceptors (Lipinski definition) is 19. The average molecular weight is 829 g/mol. The van der Waals surface area contributed by atoms with Gasteiger partial charge < -0.3 is 83.5 Å². The lowest BCUT2D eigenvalue weighted by Crippen LogP contribution is -2.66. The second kappa shape index (κ2) is 17.2. The van der Waals surface area contributed by atoms with Crippen LogP contribution in [0.1, 0.15) is 5.56 Å². The first kappa shape index (κ1) is 42.2. The van der Waals surface area contributed by atoms with E-state index in [-0.39, 0.29) is 45.3 Å². The number of carboxylic acid groups (broad SMARTS) is 2. The molecule has 21 nitrogen and oxygen atoms in total. The molecule has 0 saturated carbocycles. The zero-order chi connectivity index (χ0) is 42.9. The molecule has 314 valence electrons. The Hall–Kier alpha value is -6.46. The molecule has 9 N–H and O–H groups in total. The summed E-state index contributed by atoms with van der Waals surface area (Å²) in [7, 11) is 2.59. The highest BCUT2D eigenvalue weighted by Gasteiger charge is 2.55. The van der Waals surface area contributed by atoms with Crippen molar-refractivity contribution in [1.29, 1.82) is 0 Å². The van der Waals surface area contributed by atoms with Crippen LogP contribution in [0.5, 0.6) is 34.5 Å². The van der Waals surface area contributed by atoms with Crippen LogP contribution in [0.2, 0.25) is 0 Å². The summed E-state index contributed by atoms with van der Waals surface area (Å²) in [5.41, 5.74) is -0.420. The molecule has 2 aliphatic heterocycles. The van der Waals surface area contributed by atoms with Gasteiger partial charge in [-0.3, -0.25) is 4.79 Å². The van der Waals surface area contributed by atoms with E-state index in [1.807, 2.05) is 0 Å². The van der Waals surface area contributed by atoms with E-state index < -0.39 is 96.2 Å². The van der Waals surface area contributed by atoms with E-state index in [0.717, 1.165) is 24.3 Å². The van der Waals surface area contributed by atoms with Gasteiger partial charge in [-0.15, -0.1) is 0 Å². The Morgan fingerprint density at radius 2 is 1.29 bits per heavy atom. The number of carbonyl (C=O) groups excluding carboxylic acids is 1. The number of aliphatic hydroxyl groups is 4. The van der Waals surface area contributed by atoms with Gasteiger partial charge in [-0.25, -0.2) is 14.4 Å². The molecule has 59 heavy (non-hydrogen) atoms. The summed E-state index contributed by atoms with van der Waals surface area (Å²) in [6.45, 7) is 0. The summed E-state index contributed by atoms with van der Waals surface area (Å²) < 4.78 is 43.7. The number of aliphatic carboxylic acids is 2. The molecule has 10 atom stereocenters. The topological polar surface area (TPSA) is 328 Å². The predicted octanol–water partition coefficient (Wildman–Crippen LogP) is 0.0458. The number of ether oxygens (including phenoxy) is 7. The first-order valence-corrected chi connectivity index (χ1v) is 17.3. The lowest BCUT2D eigenvalue weighted by molar-refractivity contribution is -0.350. The summed E-state index contributed by atoms with van der Waals surface area (Å²) in [5.74, 6) is -6.27. The van der Waals surface area contributed by atoms with E-state index >= 15 is 0 Å². The molecule has 0 bridgehead atoms. The van der Waals surface area contributed by atoms with Gasteiger partial charge in [-0.05, 0) is 42.0 Å². The van der Waals surface area contributed by atoms with E-state index in [1.54, 1.807) is 0 Å². The van der Waals surface area contributed by atoms with Crippen LogP contribution >= 0.6 is 0 Å². The van der Waals surface area contributed by atoms with Gasteiger partial charge in [0.1, 0.15) is 52.6 Å². The zero-order valence-corrected chi connectivity index (χ0v) is 30.5. The number of aliphatic hydroxyl groups excluding tert-OH is 4. The van der Waals surface area contributed by atoms with Gasteiger partial charge in [-0.1, -0.05) is 6.07 Å². The van der Waals surface area contributed by atoms with Crippen molar-refractivity contribution in [3.63, 3.8) is 0 Å². The number of phenols is 3. The van der Waals surface area contributed by atoms with Crippen molar-refractivity contribution < 1.29 is 97.9 Å². The number of hydrogen-bond donors (Lipinski definition) is 9. The second-order valence-corrected chi connectivity index (χ2v) is 13.1. The predicted molar refractivity (Wildman–Crippen MR) is 193 cm³/mol. The summed E-state index contributed by atoms with van der Waals surface area (Å²) in [5, 5.41) is 93.3. The quantitative estimate of drug-likeness (QED) is 0.0672. The molecule has 4 aromatic rings. The molecular formula is C38H36O21. The molecular weight excluding hydrogens is 792 g/mol. The number of carbonyl (C=O) groups is 3. The molecule has 0 unspecified atom stereocenters. The lowest BCUT2D eigenvalue weighted by atomic mass is 9.96. The van der Waals surface area contributed by atoms with Gasteiger partial charge in [0.2, 0.25) is 6.29 Å². The lowest BCUT2D eigenvalue weighted by Gasteiger charge is -2.45. The maximum absolute atomic E-state index is 13.1. The summed E-state index contributed by atoms with van der Waals surface area (Å²) >= 11 is 0. The molecule has 2 fully saturated rings. The Labute approximate surface area is 330 Å². The van der Waals surface area contributed by atoms with Crippen molar-refractivity contribution in [3.8, 4) is 45.8 Å². The van der Waals surface area contributed by atoms with Crippen molar-refractivity contribution in [3.05, 3.63) is 76.5 Å². The number of esters is 1. The maximum Gasteiger partial charge on any atom is 0.335 e. The number of rotatable bonds is 12. The van der Waals surface area contributed by atoms with E-state index in [2.05, 4.69) is 0 Å². The number of carboxylic acids is 2. The zero-order valence-electron chi connectivity index (χ0n) is 30.5. The van der Waals surface area contributed by atoms with E-state index in [9.17, 15) is 65.1 Å². The van der Waals surface area contributed by atoms with Crippen LogP contribution in [0.15, 0.2) is 69.9 Å². The van der Waals surface area contributed by atoms with E-state index in [1.165, 1.54) is 56.7 Å². The largest absolute Gasteiger partial charge is 0.507 e. The van der Waals surface area contributed by atoms with Gasteiger partial charge in [-0.2, -0.15) is 0 Å². The number of aromatic hydroxyl groups is 3. The van der Waals surface area contributed by atoms with Crippen LogP contribution in [0, 0.1) is 0 Å². The minimum absolute atomic E-state index is 0.0432. The molecule has 1 aromatic heterocycles. The minimum atomic E-state index is -2.27. The molecule has 0 amide bonds. The van der Waals surface area contributed by atoms with Crippen molar-refractivity contribution >= 4 is 35.0 Å². The fourth-order valence-corrected chi connectivity index (χ4v) is 6.27. The molecule has 0 spiro atoms. The Kier molecular flexibility index (Phi) is 12.3. The molecule has 6 rings (SSSR count). The first-order valence-electron chi connectivity index (χ1n) is 17.3. The number of benzene rings is 3. The Morgan fingerprint density at radius 1 is 0.695 bits per heavy atom. The number of methoxy groups -OCH3 is 2. The minimum Gasteiger partial charge on any atom is -0.507 e. The van der Waals surface area contributed by atoms with Crippen molar-refractivity contribution in [2.45, 2.75) is 61.4 Å². The fraction of sp³-hybridized carbons (Fsp3) is 0.316. The Morgan fingerprint density at radius 3 is 1.92 bits per heavy atom. The third kappa shape index (κ3) is 8.71. The highest BCUT2D eigenvalue weighted by Crippen LogP contribution is 2.37. The maximum atomic E-state index is 13.1. The smallest absolute Gasteiger partial charge is 0.335 e. The van der Waals surface area contributed by atoms with Crippen molar-refractivity contribution in [2.75, 3.05) is 14.2 Å². The highest BCUT2D eigenvalue weighted by atomic mass is 16.8. The summed E-state index contributed by atoms with van der Waals surface area (Å²) in [4.78, 5) is 50.2. The van der Waals surface area contributed by atoms with Crippen LogP contribution in [0.4, 0.5) is 0 Å². The second-order valence-electron chi connectivity index (χ2n) is 13.1. The molecule has 0 aliphatic carbocycles. The fourth-order valence-electron chi connectivity index (χ4n) is 6.27. The molecule has 3 aromatic carbocycles. The van der Waals surface area contributed by atoms with Gasteiger partial charge >= 0.3 is 17.9 Å². The molecule has 2 aliphatic rings. The Balaban J connectivity index is 1.33. The average Bonchev–Trinajstić information content (AvgIpc) is 3.19. The van der Waals surface area contributed by atoms with E-state index in [4.69, 9.17) is 37.6 Å². The molecule has 21 heteroatoms. The standard InChI is InChI=1S/C38H36O21/c1-52-22-9-14(3-6-17(22)39)4-8-25(43)56-33-29(46)27(44)32(36(50)51)58-38(33)59-34-30(47)28(45)31(35(48)49)57-37(34)54-16-11-19(41)26-20(42)13-21(55-24(26)12-16)15-5-7-18(40)23(10-15)53-2/h3-13,27-34,37-41,44-47H,1-2H3,(H,48,49)(H,50,51)/b8-4+/t27-,28-,29-,30-,31-,32-,33+,34+,37+,38-/m0/s1. The van der Waals surface area contributed by atoms with E-state index in [0.29, 0.717) is 5.56 Å². The number of phenolic OH excluding ortho intramolecular Hbond substituents is 3. The Bertz CT molecular complexity index is 2320. The highest BCUT2D eigenvalue weighted by molar-refractivity contribution is 5.88. The van der Waals surface area contributed by atoms with Crippen LogP contribution in [-0.2, 0) is 33.3 Å². The third-order valence-corrected chi connectivity index (χ3v) is 9.24. The molecule has 3 heterocycles. The third-order valence-electron chi connectivity index (χ3n) is 9.24. The van der Waals surface area contributed by atoms with Crippen LogP contribution in [-0.4, -0.2) is 139 Å². The normalized spacial score (nSPS) is 26.9. The van der Waals surface area contributed by atoms with Crippen molar-refractivity contribution in [2.24, 2.45) is 0 Å². The van der Waals surface area contributed by atoms with Gasteiger partial charge in [0.05, 0.1) is 14.2 Å². The van der Waals surface area contributed by atoms with Gasteiger partial charge in [0.25, 0.3) is 0 Å². The summed E-state index contributed by atoms with van der Waals surface area (Å²) in [6, 6.07) is 11.1. The van der Waals surface area contributed by atoms with Crippen LogP contribution < -0.4 is 19.6 Å². The monoisotopic (exact) mass is 828 g/mol. The van der Waals surface area contributed by atoms with Crippen LogP contribution in [0.25, 0.3) is 28.4 Å². The van der Waals surface area contributed by atoms with Crippen molar-refractivity contribution in [1.82, 2.24) is 0 Å². The summed E-state index contributed by atoms with van der Waals surface area (Å²) in [6.07, 6.45) is -19.8.